The first-order valence-electron chi connectivity index (χ1n) is 10.3. The van der Waals surface area contributed by atoms with Gasteiger partial charge >= 0.3 is 0 Å². The Morgan fingerprint density at radius 2 is 1.97 bits per heavy atom. The molecular weight excluding hydrogens is 408 g/mol. The van der Waals surface area contributed by atoms with E-state index in [-0.39, 0.29) is 27.7 Å². The average Bonchev–Trinajstić information content (AvgIpc) is 2.73. The maximum atomic E-state index is 13.4. The molecule has 0 saturated carbocycles. The molecule has 166 valence electrons. The lowest BCUT2D eigenvalue weighted by molar-refractivity contribution is 0.158. The Morgan fingerprint density at radius 1 is 1.19 bits per heavy atom. The zero-order valence-electron chi connectivity index (χ0n) is 18.8. The van der Waals surface area contributed by atoms with Crippen LogP contribution in [0.2, 0.25) is 0 Å². The van der Waals surface area contributed by atoms with E-state index in [1.54, 1.807) is 30.3 Å². The highest BCUT2D eigenvalue weighted by molar-refractivity contribution is 5.93. The second-order valence-corrected chi connectivity index (χ2v) is 8.48. The van der Waals surface area contributed by atoms with Crippen LogP contribution < -0.4 is 19.6 Å². The molecule has 0 amide bonds. The zero-order chi connectivity index (χ0) is 23.0. The van der Waals surface area contributed by atoms with E-state index in [4.69, 9.17) is 18.6 Å². The van der Waals surface area contributed by atoms with Crippen LogP contribution in [0.15, 0.2) is 57.5 Å². The monoisotopic (exact) mass is 434 g/mol. The molecule has 2 heterocycles. The summed E-state index contributed by atoms with van der Waals surface area (Å²) in [7, 11) is 1.53. The van der Waals surface area contributed by atoms with Crippen molar-refractivity contribution in [2.45, 2.75) is 33.3 Å². The van der Waals surface area contributed by atoms with Crippen molar-refractivity contribution in [2.24, 2.45) is 0 Å². The smallest absolute Gasteiger partial charge is 0.204 e. The third-order valence-corrected chi connectivity index (χ3v) is 5.27. The third kappa shape index (κ3) is 3.96. The maximum Gasteiger partial charge on any atom is 0.204 e. The molecule has 6 heteroatoms. The van der Waals surface area contributed by atoms with Crippen LogP contribution >= 0.6 is 0 Å². The van der Waals surface area contributed by atoms with E-state index in [0.717, 1.165) is 5.57 Å². The van der Waals surface area contributed by atoms with Gasteiger partial charge in [0, 0.05) is 17.7 Å². The van der Waals surface area contributed by atoms with Gasteiger partial charge in [0.2, 0.25) is 5.43 Å². The number of phenolic OH excluding ortho intramolecular Hbond substituents is 1. The van der Waals surface area contributed by atoms with Crippen molar-refractivity contribution in [3.63, 3.8) is 0 Å². The summed E-state index contributed by atoms with van der Waals surface area (Å²) in [5.41, 5.74) is 1.81. The van der Waals surface area contributed by atoms with Crippen molar-refractivity contribution >= 4 is 17.0 Å². The zero-order valence-corrected chi connectivity index (χ0v) is 18.8. The molecule has 1 aliphatic heterocycles. The van der Waals surface area contributed by atoms with Crippen LogP contribution in [0.1, 0.15) is 33.3 Å². The molecule has 1 aliphatic rings. The van der Waals surface area contributed by atoms with Gasteiger partial charge in [-0.2, -0.15) is 0 Å². The molecule has 1 aromatic heterocycles. The second kappa shape index (κ2) is 8.11. The van der Waals surface area contributed by atoms with Gasteiger partial charge in [-0.05, 0) is 58.1 Å². The molecule has 0 bridgehead atoms. The summed E-state index contributed by atoms with van der Waals surface area (Å²) in [4.78, 5) is 13.4. The lowest BCUT2D eigenvalue weighted by atomic mass is 9.98. The minimum Gasteiger partial charge on any atom is -0.506 e. The highest BCUT2D eigenvalue weighted by Gasteiger charge is 2.27. The molecule has 2 aromatic carbocycles. The largest absolute Gasteiger partial charge is 0.506 e. The summed E-state index contributed by atoms with van der Waals surface area (Å²) >= 11 is 0. The van der Waals surface area contributed by atoms with Gasteiger partial charge in [0.25, 0.3) is 0 Å². The quantitative estimate of drug-likeness (QED) is 0.519. The SMILES string of the molecule is COc1cc(OCC=C(C)C)ccc1-c1coc2cc3c(c(O)c2c1=O)C=CC(C)(C)O3. The fourth-order valence-electron chi connectivity index (χ4n) is 3.58. The van der Waals surface area contributed by atoms with Crippen LogP contribution in [-0.2, 0) is 0 Å². The molecule has 0 saturated heterocycles. The Balaban J connectivity index is 1.80. The van der Waals surface area contributed by atoms with Gasteiger partial charge < -0.3 is 23.7 Å². The minimum absolute atomic E-state index is 0.0974. The summed E-state index contributed by atoms with van der Waals surface area (Å²) in [6, 6.07) is 6.88. The molecule has 0 atom stereocenters. The van der Waals surface area contributed by atoms with Crippen LogP contribution in [0.5, 0.6) is 23.0 Å². The molecule has 0 aliphatic carbocycles. The molecule has 0 radical (unpaired) electrons. The molecule has 6 nitrogen and oxygen atoms in total. The number of hydrogen-bond donors (Lipinski definition) is 1. The summed E-state index contributed by atoms with van der Waals surface area (Å²) in [5, 5.41) is 11.0. The fourth-order valence-corrected chi connectivity index (χ4v) is 3.58. The predicted octanol–water partition coefficient (Wildman–Crippen LogP) is 5.70. The number of ether oxygens (including phenoxy) is 3. The molecule has 0 unspecified atom stereocenters. The van der Waals surface area contributed by atoms with Crippen molar-refractivity contribution < 1.29 is 23.7 Å². The molecule has 3 aromatic rings. The standard InChI is InChI=1S/C26H26O6/c1-15(2)9-11-30-16-6-7-17(20(12-16)29-5)19-14-31-22-13-21-18(8-10-26(3,4)32-21)24(27)23(22)25(19)28/h6-10,12-14,27H,11H2,1-5H3. The summed E-state index contributed by atoms with van der Waals surface area (Å²) in [6.07, 6.45) is 6.95. The number of allylic oxidation sites excluding steroid dienone is 1. The molecule has 0 fully saturated rings. The first-order valence-corrected chi connectivity index (χ1v) is 10.3. The van der Waals surface area contributed by atoms with Crippen LogP contribution in [-0.4, -0.2) is 24.4 Å². The van der Waals surface area contributed by atoms with Crippen molar-refractivity contribution in [3.05, 3.63) is 64.0 Å². The van der Waals surface area contributed by atoms with Gasteiger partial charge in [-0.25, -0.2) is 0 Å². The van der Waals surface area contributed by atoms with E-state index in [9.17, 15) is 9.90 Å². The Morgan fingerprint density at radius 3 is 2.69 bits per heavy atom. The van der Waals surface area contributed by atoms with Crippen molar-refractivity contribution in [3.8, 4) is 34.1 Å². The highest BCUT2D eigenvalue weighted by Crippen LogP contribution is 2.41. The number of rotatable bonds is 5. The Labute approximate surface area is 186 Å². The van der Waals surface area contributed by atoms with E-state index in [0.29, 0.717) is 35.0 Å². The molecule has 0 spiro atoms. The second-order valence-electron chi connectivity index (χ2n) is 8.48. The first kappa shape index (κ1) is 21.6. The van der Waals surface area contributed by atoms with Crippen LogP contribution in [0, 0.1) is 0 Å². The van der Waals surface area contributed by atoms with Crippen molar-refractivity contribution in [1.82, 2.24) is 0 Å². The fraction of sp³-hybridized carbons (Fsp3) is 0.269. The predicted molar refractivity (Wildman–Crippen MR) is 125 cm³/mol. The lowest BCUT2D eigenvalue weighted by Gasteiger charge is -2.28. The van der Waals surface area contributed by atoms with Crippen LogP contribution in [0.25, 0.3) is 28.2 Å². The number of aromatic hydroxyl groups is 1. The molecule has 4 rings (SSSR count). The normalized spacial score (nSPS) is 13.9. The summed E-state index contributed by atoms with van der Waals surface area (Å²) in [6.45, 7) is 8.26. The van der Waals surface area contributed by atoms with Gasteiger partial charge in [-0.15, -0.1) is 0 Å². The maximum absolute atomic E-state index is 13.4. The number of hydrogen-bond acceptors (Lipinski definition) is 6. The first-order chi connectivity index (χ1) is 15.2. The Kier molecular flexibility index (Phi) is 5.46. The molecular formula is C26H26O6. The third-order valence-electron chi connectivity index (χ3n) is 5.27. The van der Waals surface area contributed by atoms with Crippen molar-refractivity contribution in [1.29, 1.82) is 0 Å². The van der Waals surface area contributed by atoms with Gasteiger partial charge in [-0.3, -0.25) is 4.79 Å². The lowest BCUT2D eigenvalue weighted by Crippen LogP contribution is -2.27. The van der Waals surface area contributed by atoms with E-state index < -0.39 is 5.60 Å². The van der Waals surface area contributed by atoms with Crippen LogP contribution in [0.3, 0.4) is 0 Å². The van der Waals surface area contributed by atoms with Crippen LogP contribution in [0.4, 0.5) is 0 Å². The van der Waals surface area contributed by atoms with E-state index in [1.165, 1.54) is 13.4 Å². The topological polar surface area (TPSA) is 78.1 Å². The minimum atomic E-state index is -0.518. The number of fused-ring (bicyclic) bond motifs is 2. The number of methoxy groups -OCH3 is 1. The molecule has 1 N–H and O–H groups in total. The van der Waals surface area contributed by atoms with E-state index in [1.807, 2.05) is 39.8 Å². The summed E-state index contributed by atoms with van der Waals surface area (Å²) in [5.74, 6) is 1.39. The number of benzene rings is 2. The number of phenols is 1. The van der Waals surface area contributed by atoms with E-state index >= 15 is 0 Å². The average molecular weight is 434 g/mol. The molecule has 32 heavy (non-hydrogen) atoms. The Hall–Kier alpha value is -3.67. The van der Waals surface area contributed by atoms with Crippen molar-refractivity contribution in [2.75, 3.05) is 13.7 Å². The van der Waals surface area contributed by atoms with Gasteiger partial charge in [0.15, 0.2) is 0 Å². The highest BCUT2D eigenvalue weighted by atomic mass is 16.5. The van der Waals surface area contributed by atoms with Gasteiger partial charge in [-0.1, -0.05) is 5.57 Å². The van der Waals surface area contributed by atoms with Gasteiger partial charge in [0.1, 0.15) is 52.4 Å². The van der Waals surface area contributed by atoms with E-state index in [2.05, 4.69) is 0 Å². The summed E-state index contributed by atoms with van der Waals surface area (Å²) < 4.78 is 22.9. The Bertz CT molecular complexity index is 1310. The van der Waals surface area contributed by atoms with Gasteiger partial charge in [0.05, 0.1) is 18.2 Å².